The predicted octanol–water partition coefficient (Wildman–Crippen LogP) is 6.92. The molecule has 47 heavy (non-hydrogen) atoms. The standard InChI is InChI=1S/C36H39Cl2N3O5S/c1-25(2)22-39-36(43)34(20-27-9-6-5-7-10-27)40(23-28-11-8-12-30(19-28)46-4)35(42)24-41(33-21-29(37)15-18-32(33)38)47(44,45)31-16-13-26(3)14-17-31/h5-19,21,25,34H,20,22-24H2,1-4H3,(H,39,43)/t34-/m0/s1. The summed E-state index contributed by atoms with van der Waals surface area (Å²) in [6.07, 6.45) is 0.198. The average Bonchev–Trinajstić information content (AvgIpc) is 3.05. The van der Waals surface area contributed by atoms with E-state index < -0.39 is 28.5 Å². The minimum Gasteiger partial charge on any atom is -0.497 e. The van der Waals surface area contributed by atoms with Gasteiger partial charge in [0.05, 0.1) is 22.7 Å². The molecule has 1 N–H and O–H groups in total. The van der Waals surface area contributed by atoms with Gasteiger partial charge in [-0.05, 0) is 66.4 Å². The Bertz CT molecular complexity index is 1780. The Labute approximate surface area is 287 Å². The monoisotopic (exact) mass is 695 g/mol. The van der Waals surface area contributed by atoms with Gasteiger partial charge in [0.25, 0.3) is 10.0 Å². The number of hydrogen-bond donors (Lipinski definition) is 1. The lowest BCUT2D eigenvalue weighted by molar-refractivity contribution is -0.140. The van der Waals surface area contributed by atoms with Crippen molar-refractivity contribution in [2.45, 2.75) is 44.7 Å². The summed E-state index contributed by atoms with van der Waals surface area (Å²) in [5.41, 5.74) is 2.44. The zero-order valence-corrected chi connectivity index (χ0v) is 29.1. The number of nitrogens with one attached hydrogen (secondary N) is 1. The topological polar surface area (TPSA) is 96.0 Å². The summed E-state index contributed by atoms with van der Waals surface area (Å²) in [7, 11) is -2.78. The molecule has 4 aromatic rings. The molecule has 0 aromatic heterocycles. The van der Waals surface area contributed by atoms with Gasteiger partial charge in [0.15, 0.2) is 0 Å². The number of methoxy groups -OCH3 is 1. The molecule has 0 heterocycles. The maximum Gasteiger partial charge on any atom is 0.264 e. The molecule has 0 unspecified atom stereocenters. The van der Waals surface area contributed by atoms with Crippen LogP contribution in [0.3, 0.4) is 0 Å². The molecule has 0 bridgehead atoms. The second-order valence-corrected chi connectivity index (χ2v) is 14.3. The number of halogens is 2. The number of hydrogen-bond acceptors (Lipinski definition) is 5. The average molecular weight is 697 g/mol. The first kappa shape index (κ1) is 35.8. The molecular weight excluding hydrogens is 657 g/mol. The molecule has 4 rings (SSSR count). The SMILES string of the molecule is COc1cccc(CN(C(=O)CN(c2cc(Cl)ccc2Cl)S(=O)(=O)c2ccc(C)cc2)[C@@H](Cc2ccccc2)C(=O)NCC(C)C)c1. The van der Waals surface area contributed by atoms with Gasteiger partial charge in [-0.15, -0.1) is 0 Å². The van der Waals surface area contributed by atoms with Crippen molar-refractivity contribution in [1.29, 1.82) is 0 Å². The first-order valence-corrected chi connectivity index (χ1v) is 17.4. The number of anilines is 1. The lowest BCUT2D eigenvalue weighted by atomic mass is 10.0. The van der Waals surface area contributed by atoms with Gasteiger partial charge in [-0.25, -0.2) is 8.42 Å². The summed E-state index contributed by atoms with van der Waals surface area (Å²) < 4.78 is 34.8. The van der Waals surface area contributed by atoms with Gasteiger partial charge in [-0.2, -0.15) is 0 Å². The summed E-state index contributed by atoms with van der Waals surface area (Å²) in [4.78, 5) is 29.9. The molecule has 248 valence electrons. The number of aryl methyl sites for hydroxylation is 1. The third-order valence-electron chi connectivity index (χ3n) is 7.51. The van der Waals surface area contributed by atoms with Crippen LogP contribution in [0.25, 0.3) is 0 Å². The number of amides is 2. The van der Waals surface area contributed by atoms with Gasteiger partial charge in [-0.3, -0.25) is 13.9 Å². The minimum absolute atomic E-state index is 0.00430. The smallest absolute Gasteiger partial charge is 0.264 e. The van der Waals surface area contributed by atoms with Crippen LogP contribution in [0, 0.1) is 12.8 Å². The lowest BCUT2D eigenvalue weighted by Crippen LogP contribution is -2.53. The highest BCUT2D eigenvalue weighted by Gasteiger charge is 2.35. The molecule has 0 aliphatic carbocycles. The van der Waals surface area contributed by atoms with E-state index in [0.717, 1.165) is 15.4 Å². The van der Waals surface area contributed by atoms with Gasteiger partial charge in [0.2, 0.25) is 11.8 Å². The second-order valence-electron chi connectivity index (χ2n) is 11.6. The van der Waals surface area contributed by atoms with Gasteiger partial charge < -0.3 is 15.0 Å². The van der Waals surface area contributed by atoms with Crippen molar-refractivity contribution < 1.29 is 22.7 Å². The van der Waals surface area contributed by atoms with Crippen molar-refractivity contribution in [3.8, 4) is 5.75 Å². The maximum atomic E-state index is 14.6. The molecule has 11 heteroatoms. The van der Waals surface area contributed by atoms with Crippen LogP contribution in [0.15, 0.2) is 102 Å². The van der Waals surface area contributed by atoms with Crippen LogP contribution in [0.4, 0.5) is 5.69 Å². The molecule has 2 amide bonds. The highest BCUT2D eigenvalue weighted by molar-refractivity contribution is 7.92. The number of nitrogens with zero attached hydrogens (tertiary/aromatic N) is 2. The third kappa shape index (κ3) is 9.50. The van der Waals surface area contributed by atoms with Gasteiger partial charge in [-0.1, -0.05) is 97.2 Å². The van der Waals surface area contributed by atoms with E-state index in [-0.39, 0.29) is 45.4 Å². The Balaban J connectivity index is 1.84. The van der Waals surface area contributed by atoms with E-state index in [2.05, 4.69) is 5.32 Å². The number of carbonyl (C=O) groups is 2. The molecule has 4 aromatic carbocycles. The minimum atomic E-state index is -4.33. The van der Waals surface area contributed by atoms with Crippen molar-refractivity contribution in [2.75, 3.05) is 24.5 Å². The van der Waals surface area contributed by atoms with E-state index in [1.165, 1.54) is 35.2 Å². The summed E-state index contributed by atoms with van der Waals surface area (Å²) in [5, 5.41) is 3.31. The highest BCUT2D eigenvalue weighted by Crippen LogP contribution is 2.33. The largest absolute Gasteiger partial charge is 0.497 e. The molecule has 0 aliphatic rings. The van der Waals surface area contributed by atoms with E-state index in [9.17, 15) is 18.0 Å². The molecule has 8 nitrogen and oxygen atoms in total. The van der Waals surface area contributed by atoms with E-state index in [1.54, 1.807) is 37.4 Å². The van der Waals surface area contributed by atoms with Gasteiger partial charge in [0, 0.05) is 24.5 Å². The Morgan fingerprint density at radius 2 is 1.55 bits per heavy atom. The molecule has 0 saturated heterocycles. The maximum absolute atomic E-state index is 14.6. The Kier molecular flexibility index (Phi) is 12.3. The quantitative estimate of drug-likeness (QED) is 0.155. The Morgan fingerprint density at radius 3 is 2.21 bits per heavy atom. The predicted molar refractivity (Wildman–Crippen MR) is 187 cm³/mol. The van der Waals surface area contributed by atoms with Crippen LogP contribution in [0.2, 0.25) is 10.0 Å². The first-order chi connectivity index (χ1) is 22.4. The van der Waals surface area contributed by atoms with Crippen LogP contribution in [-0.4, -0.2) is 51.4 Å². The summed E-state index contributed by atoms with van der Waals surface area (Å²) in [6.45, 7) is 5.56. The fourth-order valence-electron chi connectivity index (χ4n) is 4.97. The molecular formula is C36H39Cl2N3O5S. The van der Waals surface area contributed by atoms with E-state index in [4.69, 9.17) is 27.9 Å². The van der Waals surface area contributed by atoms with Crippen molar-refractivity contribution in [1.82, 2.24) is 10.2 Å². The van der Waals surface area contributed by atoms with Crippen LogP contribution in [0.1, 0.15) is 30.5 Å². The summed E-state index contributed by atoms with van der Waals surface area (Å²) in [5.74, 6) is -0.222. The number of carbonyl (C=O) groups excluding carboxylic acids is 2. The van der Waals surface area contributed by atoms with Crippen molar-refractivity contribution in [3.05, 3.63) is 124 Å². The second kappa shape index (κ2) is 16.2. The van der Waals surface area contributed by atoms with Crippen LogP contribution in [0.5, 0.6) is 5.75 Å². The summed E-state index contributed by atoms with van der Waals surface area (Å²) in [6, 6.07) is 26.3. The van der Waals surface area contributed by atoms with Gasteiger partial charge in [0.1, 0.15) is 18.3 Å². The number of sulfonamides is 1. The zero-order chi connectivity index (χ0) is 34.1. The van der Waals surface area contributed by atoms with E-state index in [0.29, 0.717) is 17.9 Å². The molecule has 0 radical (unpaired) electrons. The van der Waals surface area contributed by atoms with Crippen molar-refractivity contribution in [2.24, 2.45) is 5.92 Å². The Morgan fingerprint density at radius 1 is 0.872 bits per heavy atom. The number of rotatable bonds is 14. The zero-order valence-electron chi connectivity index (χ0n) is 26.8. The number of ether oxygens (including phenoxy) is 1. The Hall–Kier alpha value is -4.05. The van der Waals surface area contributed by atoms with Crippen LogP contribution < -0.4 is 14.4 Å². The summed E-state index contributed by atoms with van der Waals surface area (Å²) >= 11 is 12.9. The fourth-order valence-corrected chi connectivity index (χ4v) is 6.83. The van der Waals surface area contributed by atoms with Crippen molar-refractivity contribution >= 4 is 50.7 Å². The van der Waals surface area contributed by atoms with E-state index >= 15 is 0 Å². The lowest BCUT2D eigenvalue weighted by Gasteiger charge is -2.34. The first-order valence-electron chi connectivity index (χ1n) is 15.2. The molecule has 1 atom stereocenters. The van der Waals surface area contributed by atoms with Crippen molar-refractivity contribution in [3.63, 3.8) is 0 Å². The van der Waals surface area contributed by atoms with Gasteiger partial charge >= 0.3 is 0 Å². The highest BCUT2D eigenvalue weighted by atomic mass is 35.5. The molecule has 0 spiro atoms. The normalized spacial score (nSPS) is 12.0. The third-order valence-corrected chi connectivity index (χ3v) is 9.84. The number of benzene rings is 4. The van der Waals surface area contributed by atoms with Crippen LogP contribution >= 0.6 is 23.2 Å². The fraction of sp³-hybridized carbons (Fsp3) is 0.278. The van der Waals surface area contributed by atoms with E-state index in [1.807, 2.05) is 57.2 Å². The molecule has 0 saturated carbocycles. The molecule has 0 fully saturated rings. The molecule has 0 aliphatic heterocycles. The van der Waals surface area contributed by atoms with Crippen LogP contribution in [-0.2, 0) is 32.6 Å².